The molecule has 0 aliphatic heterocycles. The summed E-state index contributed by atoms with van der Waals surface area (Å²) < 4.78 is 21.9. The van der Waals surface area contributed by atoms with Gasteiger partial charge in [-0.25, -0.2) is 0 Å². The van der Waals surface area contributed by atoms with Crippen molar-refractivity contribution >= 4 is 0 Å². The second-order valence-corrected chi connectivity index (χ2v) is 3.67. The Kier molecular flexibility index (Phi) is 1.45. The zero-order chi connectivity index (χ0) is 11.0. The number of hydrogen-bond donors (Lipinski definition) is 1. The topological polar surface area (TPSA) is 20.2 Å². The van der Waals surface area contributed by atoms with Crippen LogP contribution in [0.5, 0.6) is 0 Å². The van der Waals surface area contributed by atoms with E-state index in [1.807, 2.05) is 13.0 Å². The Hall–Kier alpha value is -0.300. The average molecular weight is 157 g/mol. The summed E-state index contributed by atoms with van der Waals surface area (Å²) in [4.78, 5) is 0. The van der Waals surface area contributed by atoms with Crippen molar-refractivity contribution in [2.24, 2.45) is 5.92 Å². The summed E-state index contributed by atoms with van der Waals surface area (Å²) in [6.45, 7) is 1.19. The molecule has 1 rings (SSSR count). The molecule has 0 amide bonds. The third-order valence-corrected chi connectivity index (χ3v) is 2.43. The van der Waals surface area contributed by atoms with Crippen LogP contribution in [0.25, 0.3) is 0 Å². The number of rotatable bonds is 1. The van der Waals surface area contributed by atoms with Crippen LogP contribution in [0.1, 0.15) is 44.1 Å². The maximum absolute atomic E-state index is 9.97. The molecule has 0 bridgehead atoms. The Balaban J connectivity index is 2.75. The highest BCUT2D eigenvalue weighted by atomic mass is 16.3. The third-order valence-electron chi connectivity index (χ3n) is 2.43. The largest absolute Gasteiger partial charge is 0.390 e. The normalized spacial score (nSPS) is 36.1. The van der Waals surface area contributed by atoms with Crippen LogP contribution in [-0.2, 0) is 0 Å². The van der Waals surface area contributed by atoms with Gasteiger partial charge in [0.1, 0.15) is 0 Å². The Morgan fingerprint density at radius 3 is 3.00 bits per heavy atom. The van der Waals surface area contributed by atoms with E-state index in [9.17, 15) is 5.11 Å². The van der Waals surface area contributed by atoms with E-state index in [0.29, 0.717) is 6.42 Å². The molecule has 0 aromatic rings. The van der Waals surface area contributed by atoms with E-state index < -0.39 is 12.5 Å². The van der Waals surface area contributed by atoms with Gasteiger partial charge in [-0.2, -0.15) is 0 Å². The van der Waals surface area contributed by atoms with Gasteiger partial charge in [-0.15, -0.1) is 0 Å². The molecule has 0 aromatic heterocycles. The molecule has 2 atom stereocenters. The van der Waals surface area contributed by atoms with Crippen LogP contribution in [0.15, 0.2) is 11.6 Å². The van der Waals surface area contributed by atoms with Gasteiger partial charge in [-0.05, 0) is 45.9 Å². The lowest BCUT2D eigenvalue weighted by Crippen LogP contribution is -2.31. The first-order chi connectivity index (χ1) is 6.25. The summed E-state index contributed by atoms with van der Waals surface area (Å²) in [5, 5.41) is 9.97. The monoisotopic (exact) mass is 157 g/mol. The smallest absolute Gasteiger partial charge is 0.0622 e. The summed E-state index contributed by atoms with van der Waals surface area (Å²) in [7, 11) is 0. The molecular weight excluding hydrogens is 136 g/mol. The van der Waals surface area contributed by atoms with Gasteiger partial charge in [0.2, 0.25) is 0 Å². The zero-order valence-electron chi connectivity index (χ0n) is 10.2. The maximum atomic E-state index is 9.97. The van der Waals surface area contributed by atoms with E-state index >= 15 is 0 Å². The molecule has 0 spiro atoms. The second-order valence-electron chi connectivity index (χ2n) is 3.67. The van der Waals surface area contributed by atoms with E-state index in [-0.39, 0.29) is 5.92 Å². The highest BCUT2D eigenvalue weighted by Crippen LogP contribution is 2.31. The SMILES string of the molecule is [2H]C([2H])([2H])C(C)(O)C1CC=C(C)CC1. The van der Waals surface area contributed by atoms with Gasteiger partial charge in [0.25, 0.3) is 0 Å². The fraction of sp³-hybridized carbons (Fsp3) is 0.800. The second kappa shape index (κ2) is 2.98. The summed E-state index contributed by atoms with van der Waals surface area (Å²) >= 11 is 0. The minimum atomic E-state index is -2.28. The predicted molar refractivity (Wildman–Crippen MR) is 47.4 cm³/mol. The van der Waals surface area contributed by atoms with Crippen molar-refractivity contribution in [3.05, 3.63) is 11.6 Å². The van der Waals surface area contributed by atoms with Crippen molar-refractivity contribution in [3.8, 4) is 0 Å². The Morgan fingerprint density at radius 2 is 2.55 bits per heavy atom. The van der Waals surface area contributed by atoms with Crippen LogP contribution in [0.3, 0.4) is 0 Å². The van der Waals surface area contributed by atoms with Crippen molar-refractivity contribution in [2.45, 2.75) is 45.6 Å². The Labute approximate surface area is 73.3 Å². The van der Waals surface area contributed by atoms with E-state index in [1.54, 1.807) is 0 Å². The molecule has 0 saturated heterocycles. The quantitative estimate of drug-likeness (QED) is 0.580. The molecule has 0 radical (unpaired) electrons. The molecule has 1 aliphatic rings. The molecule has 1 N–H and O–H groups in total. The fourth-order valence-electron chi connectivity index (χ4n) is 1.48. The lowest BCUT2D eigenvalue weighted by Gasteiger charge is -2.31. The van der Waals surface area contributed by atoms with Crippen molar-refractivity contribution < 1.29 is 9.22 Å². The van der Waals surface area contributed by atoms with E-state index in [0.717, 1.165) is 12.8 Å². The van der Waals surface area contributed by atoms with Crippen LogP contribution in [-0.4, -0.2) is 10.7 Å². The van der Waals surface area contributed by atoms with Crippen LogP contribution in [0, 0.1) is 5.92 Å². The number of allylic oxidation sites excluding steroid dienone is 2. The lowest BCUT2D eigenvalue weighted by atomic mass is 9.80. The van der Waals surface area contributed by atoms with Gasteiger partial charge in [0.05, 0.1) is 5.60 Å². The minimum Gasteiger partial charge on any atom is -0.390 e. The van der Waals surface area contributed by atoms with Crippen LogP contribution < -0.4 is 0 Å². The average Bonchev–Trinajstić information content (AvgIpc) is 2.03. The van der Waals surface area contributed by atoms with Gasteiger partial charge in [-0.1, -0.05) is 11.6 Å². The summed E-state index contributed by atoms with van der Waals surface area (Å²) in [5.41, 5.74) is -0.257. The van der Waals surface area contributed by atoms with Gasteiger partial charge < -0.3 is 5.11 Å². The van der Waals surface area contributed by atoms with Crippen LogP contribution in [0.2, 0.25) is 0 Å². The lowest BCUT2D eigenvalue weighted by molar-refractivity contribution is 0.0126. The molecule has 64 valence electrons. The Morgan fingerprint density at radius 1 is 1.82 bits per heavy atom. The highest BCUT2D eigenvalue weighted by Gasteiger charge is 2.27. The predicted octanol–water partition coefficient (Wildman–Crippen LogP) is 2.50. The molecule has 0 heterocycles. The molecule has 11 heavy (non-hydrogen) atoms. The first-order valence-corrected chi connectivity index (χ1v) is 4.13. The molecule has 1 heteroatoms. The summed E-state index contributed by atoms with van der Waals surface area (Å²) in [5.74, 6) is -0.140. The van der Waals surface area contributed by atoms with Crippen molar-refractivity contribution in [1.29, 1.82) is 0 Å². The summed E-state index contributed by atoms with van der Waals surface area (Å²) in [6.07, 6.45) is 4.39. The molecule has 0 saturated carbocycles. The summed E-state index contributed by atoms with van der Waals surface area (Å²) in [6, 6.07) is 0. The van der Waals surface area contributed by atoms with E-state index in [1.165, 1.54) is 12.5 Å². The van der Waals surface area contributed by atoms with Gasteiger partial charge >= 0.3 is 0 Å². The van der Waals surface area contributed by atoms with Gasteiger partial charge in [0.15, 0.2) is 0 Å². The first kappa shape index (κ1) is 5.36. The standard InChI is InChI=1S/C10H18O/c1-8-4-6-9(7-5-8)10(2,3)11/h4,9,11H,5-7H2,1-3H3/i2D3. The maximum Gasteiger partial charge on any atom is 0.0622 e. The fourth-order valence-corrected chi connectivity index (χ4v) is 1.48. The van der Waals surface area contributed by atoms with Crippen molar-refractivity contribution in [2.75, 3.05) is 0 Å². The van der Waals surface area contributed by atoms with Crippen molar-refractivity contribution in [3.63, 3.8) is 0 Å². The molecule has 0 fully saturated rings. The molecule has 1 aliphatic carbocycles. The molecular formula is C10H18O. The molecule has 0 aromatic carbocycles. The van der Waals surface area contributed by atoms with E-state index in [2.05, 4.69) is 0 Å². The zero-order valence-corrected chi connectivity index (χ0v) is 7.22. The van der Waals surface area contributed by atoms with Gasteiger partial charge in [-0.3, -0.25) is 0 Å². The molecule has 2 unspecified atom stereocenters. The van der Waals surface area contributed by atoms with E-state index in [4.69, 9.17) is 4.11 Å². The minimum absolute atomic E-state index is 0.140. The highest BCUT2D eigenvalue weighted by molar-refractivity contribution is 5.04. The van der Waals surface area contributed by atoms with Crippen LogP contribution >= 0.6 is 0 Å². The van der Waals surface area contributed by atoms with Gasteiger partial charge in [0, 0.05) is 4.11 Å². The number of hydrogen-bond acceptors (Lipinski definition) is 1. The number of aliphatic hydroxyl groups is 1. The Bertz CT molecular complexity index is 240. The van der Waals surface area contributed by atoms with Crippen LogP contribution in [0.4, 0.5) is 0 Å². The third kappa shape index (κ3) is 2.33. The first-order valence-electron chi connectivity index (χ1n) is 5.63. The molecule has 1 nitrogen and oxygen atoms in total. The van der Waals surface area contributed by atoms with Crippen molar-refractivity contribution in [1.82, 2.24) is 0 Å².